The second-order valence-electron chi connectivity index (χ2n) is 11.0. The van der Waals surface area contributed by atoms with Crippen molar-refractivity contribution in [3.63, 3.8) is 0 Å². The molecule has 1 saturated heterocycles. The normalized spacial score (nSPS) is 19.2. The number of nitrogens with zero attached hydrogens (tertiary/aromatic N) is 4. The molecule has 2 atom stereocenters. The highest BCUT2D eigenvalue weighted by Gasteiger charge is 2.36. The van der Waals surface area contributed by atoms with Crippen LogP contribution < -0.4 is 10.6 Å². The first-order valence-corrected chi connectivity index (χ1v) is 12.9. The zero-order valence-electron chi connectivity index (χ0n) is 21.6. The number of aryl methyl sites for hydroxylation is 1. The molecule has 202 valence electrons. The van der Waals surface area contributed by atoms with Crippen LogP contribution in [-0.4, -0.2) is 52.5 Å². The monoisotopic (exact) mass is 521 g/mol. The summed E-state index contributed by atoms with van der Waals surface area (Å²) in [5.74, 6) is -0.993. The number of piperazine rings is 1. The van der Waals surface area contributed by atoms with Gasteiger partial charge in [-0.1, -0.05) is 19.4 Å². The number of hydrogen-bond acceptors (Lipinski definition) is 5. The molecule has 2 unspecified atom stereocenters. The minimum Gasteiger partial charge on any atom is -0.353 e. The maximum absolute atomic E-state index is 14.4. The van der Waals surface area contributed by atoms with Crippen LogP contribution >= 0.6 is 0 Å². The van der Waals surface area contributed by atoms with Crippen LogP contribution in [0.25, 0.3) is 0 Å². The van der Waals surface area contributed by atoms with Gasteiger partial charge in [0, 0.05) is 43.0 Å². The van der Waals surface area contributed by atoms with Gasteiger partial charge in [-0.05, 0) is 63.1 Å². The van der Waals surface area contributed by atoms with E-state index in [1.54, 1.807) is 11.2 Å². The number of nitrogens with two attached hydrogens (primary N) is 1. The van der Waals surface area contributed by atoms with Gasteiger partial charge in [-0.15, -0.1) is 0 Å². The van der Waals surface area contributed by atoms with Gasteiger partial charge in [-0.2, -0.15) is 13.2 Å². The highest BCUT2D eigenvalue weighted by Crippen LogP contribution is 2.38. The number of amides is 1. The minimum atomic E-state index is -4.79. The predicted molar refractivity (Wildman–Crippen MR) is 134 cm³/mol. The van der Waals surface area contributed by atoms with Crippen LogP contribution in [0, 0.1) is 5.82 Å². The van der Waals surface area contributed by atoms with Crippen LogP contribution in [0.5, 0.6) is 0 Å². The lowest BCUT2D eigenvalue weighted by molar-refractivity contribution is -0.140. The number of fused-ring (bicyclic) bond motifs is 1. The quantitative estimate of drug-likeness (QED) is 0.518. The number of hydrogen-bond donors (Lipinski definition) is 1. The third-order valence-electron chi connectivity index (χ3n) is 7.46. The Labute approximate surface area is 215 Å². The number of halogens is 4. The maximum Gasteiger partial charge on any atom is 0.419 e. The number of anilines is 1. The molecule has 1 amide bonds. The van der Waals surface area contributed by atoms with E-state index < -0.39 is 29.0 Å². The first-order chi connectivity index (χ1) is 17.3. The zero-order chi connectivity index (χ0) is 27.0. The van der Waals surface area contributed by atoms with Crippen LogP contribution in [0.4, 0.5) is 23.4 Å². The van der Waals surface area contributed by atoms with Crippen molar-refractivity contribution >= 4 is 11.7 Å². The minimum absolute atomic E-state index is 0.199. The smallest absolute Gasteiger partial charge is 0.353 e. The van der Waals surface area contributed by atoms with Gasteiger partial charge >= 0.3 is 6.18 Å². The third-order valence-corrected chi connectivity index (χ3v) is 7.46. The molecule has 0 bridgehead atoms. The number of carbonyl (C=O) groups is 1. The van der Waals surface area contributed by atoms with Crippen LogP contribution in [0.1, 0.15) is 80.7 Å². The second kappa shape index (κ2) is 10.6. The average Bonchev–Trinajstić information content (AvgIpc) is 3.21. The average molecular weight is 522 g/mol. The topological polar surface area (TPSA) is 75.4 Å². The van der Waals surface area contributed by atoms with Crippen LogP contribution in [0.2, 0.25) is 0 Å². The van der Waals surface area contributed by atoms with Gasteiger partial charge in [0.15, 0.2) is 0 Å². The fraction of sp³-hybridized carbons (Fsp3) is 0.593. The second-order valence-corrected chi connectivity index (χ2v) is 11.0. The summed E-state index contributed by atoms with van der Waals surface area (Å²) in [5, 5.41) is 0. The Morgan fingerprint density at radius 2 is 1.86 bits per heavy atom. The van der Waals surface area contributed by atoms with E-state index in [1.807, 2.05) is 13.8 Å². The molecular weight excluding hydrogens is 486 g/mol. The Hall–Kier alpha value is -2.75. The lowest BCUT2D eigenvalue weighted by Gasteiger charge is -2.38. The molecule has 2 heterocycles. The van der Waals surface area contributed by atoms with E-state index >= 15 is 0 Å². The number of aromatic nitrogens is 2. The van der Waals surface area contributed by atoms with Gasteiger partial charge in [0.2, 0.25) is 5.91 Å². The first-order valence-electron chi connectivity index (χ1n) is 12.9. The molecule has 2 N–H and O–H groups in total. The van der Waals surface area contributed by atoms with Gasteiger partial charge in [0.25, 0.3) is 0 Å². The summed E-state index contributed by atoms with van der Waals surface area (Å²) in [7, 11) is 0. The fourth-order valence-corrected chi connectivity index (χ4v) is 5.41. The van der Waals surface area contributed by atoms with E-state index in [4.69, 9.17) is 5.73 Å². The Morgan fingerprint density at radius 1 is 1.16 bits per heavy atom. The number of alkyl halides is 3. The molecule has 6 nitrogen and oxygen atoms in total. The summed E-state index contributed by atoms with van der Waals surface area (Å²) < 4.78 is 53.7. The Kier molecular flexibility index (Phi) is 7.78. The van der Waals surface area contributed by atoms with Crippen molar-refractivity contribution in [2.75, 3.05) is 31.1 Å². The Morgan fingerprint density at radius 3 is 2.49 bits per heavy atom. The van der Waals surface area contributed by atoms with E-state index in [0.29, 0.717) is 51.4 Å². The number of carbonyl (C=O) groups excluding carboxylic acids is 1. The van der Waals surface area contributed by atoms with Gasteiger partial charge in [0.1, 0.15) is 18.0 Å². The van der Waals surface area contributed by atoms with E-state index in [2.05, 4.69) is 21.8 Å². The highest BCUT2D eigenvalue weighted by molar-refractivity contribution is 5.84. The van der Waals surface area contributed by atoms with E-state index in [-0.39, 0.29) is 11.5 Å². The Balaban J connectivity index is 1.50. The summed E-state index contributed by atoms with van der Waals surface area (Å²) >= 11 is 0. The SMILES string of the molecule is CC1CCc2ncnc(N3CCN(C(=O)C(CCCC(C)(C)N)c4ccc(C(F)(F)F)c(F)c4)CC3)c21. The van der Waals surface area contributed by atoms with Crippen molar-refractivity contribution < 1.29 is 22.4 Å². The molecule has 1 fully saturated rings. The van der Waals surface area contributed by atoms with E-state index in [0.717, 1.165) is 36.5 Å². The van der Waals surface area contributed by atoms with Gasteiger partial charge in [0.05, 0.1) is 11.5 Å². The molecule has 1 aromatic heterocycles. The lowest BCUT2D eigenvalue weighted by Crippen LogP contribution is -2.50. The molecule has 1 aliphatic heterocycles. The molecule has 37 heavy (non-hydrogen) atoms. The zero-order valence-corrected chi connectivity index (χ0v) is 21.6. The predicted octanol–water partition coefficient (Wildman–Crippen LogP) is 5.02. The van der Waals surface area contributed by atoms with Crippen molar-refractivity contribution in [3.05, 3.63) is 52.7 Å². The molecule has 4 rings (SSSR count). The van der Waals surface area contributed by atoms with Crippen molar-refractivity contribution in [1.29, 1.82) is 0 Å². The fourth-order valence-electron chi connectivity index (χ4n) is 5.41. The maximum atomic E-state index is 14.4. The summed E-state index contributed by atoms with van der Waals surface area (Å²) in [6.07, 6.45) is 0.387. The summed E-state index contributed by atoms with van der Waals surface area (Å²) in [5.41, 5.74) is 6.85. The van der Waals surface area contributed by atoms with Crippen LogP contribution in [0.3, 0.4) is 0 Å². The van der Waals surface area contributed by atoms with Crippen molar-refractivity contribution in [2.24, 2.45) is 5.73 Å². The molecule has 2 aromatic rings. The molecule has 1 aliphatic carbocycles. The van der Waals surface area contributed by atoms with E-state index in [9.17, 15) is 22.4 Å². The molecule has 0 radical (unpaired) electrons. The van der Waals surface area contributed by atoms with Crippen molar-refractivity contribution in [3.8, 4) is 0 Å². The Bertz CT molecular complexity index is 1120. The van der Waals surface area contributed by atoms with Crippen LogP contribution in [-0.2, 0) is 17.4 Å². The molecule has 1 aromatic carbocycles. The molecule has 2 aliphatic rings. The van der Waals surface area contributed by atoms with Gasteiger partial charge in [-0.25, -0.2) is 14.4 Å². The molecule has 0 saturated carbocycles. The van der Waals surface area contributed by atoms with Gasteiger partial charge < -0.3 is 15.5 Å². The van der Waals surface area contributed by atoms with Crippen LogP contribution in [0.15, 0.2) is 24.5 Å². The van der Waals surface area contributed by atoms with Crippen molar-refractivity contribution in [2.45, 2.75) is 76.4 Å². The lowest BCUT2D eigenvalue weighted by atomic mass is 9.88. The summed E-state index contributed by atoms with van der Waals surface area (Å²) in [6, 6.07) is 2.82. The first kappa shape index (κ1) is 27.3. The van der Waals surface area contributed by atoms with Gasteiger partial charge in [-0.3, -0.25) is 4.79 Å². The summed E-state index contributed by atoms with van der Waals surface area (Å²) in [4.78, 5) is 26.5. The molecular formula is C27H35F4N5O. The third kappa shape index (κ3) is 6.22. The largest absolute Gasteiger partial charge is 0.419 e. The highest BCUT2D eigenvalue weighted by atomic mass is 19.4. The number of rotatable bonds is 7. The standard InChI is InChI=1S/C27H35F4N5O/c1-17-6-9-22-23(17)24(34-16-33-22)35-11-13-36(14-12-35)25(37)19(5-4-10-26(2,3)32)18-7-8-20(21(28)15-18)27(29,30)31/h7-8,15-17,19H,4-6,9-14,32H2,1-3H3. The van der Waals surface area contributed by atoms with E-state index in [1.165, 1.54) is 11.6 Å². The summed E-state index contributed by atoms with van der Waals surface area (Å²) in [6.45, 7) is 8.02. The van der Waals surface area contributed by atoms with Crippen molar-refractivity contribution in [1.82, 2.24) is 14.9 Å². The molecule has 10 heteroatoms. The molecule has 0 spiro atoms. The number of benzene rings is 1.